The third kappa shape index (κ3) is 7.95. The molecule has 0 atom stereocenters. The van der Waals surface area contributed by atoms with Crippen molar-refractivity contribution in [2.24, 2.45) is 11.8 Å². The second-order valence-electron chi connectivity index (χ2n) is 11.0. The SMILES string of the molecule is COCC(COC)N(C(=O)C1CCC(C)CC1)c1ccc(Oc2ncc(N3CCOCC3)cc2C(F)(F)F)cc1C(=O)O. The smallest absolute Gasteiger partial charge is 0.421 e. The number of hydrogen-bond donors (Lipinski definition) is 1. The molecule has 1 aliphatic carbocycles. The fourth-order valence-electron chi connectivity index (χ4n) is 5.57. The Bertz CT molecular complexity index is 1260. The maximum Gasteiger partial charge on any atom is 0.421 e. The second-order valence-corrected chi connectivity index (χ2v) is 11.0. The van der Waals surface area contributed by atoms with E-state index < -0.39 is 29.6 Å². The van der Waals surface area contributed by atoms with Crippen LogP contribution >= 0.6 is 0 Å². The molecule has 1 amide bonds. The second kappa shape index (κ2) is 14.4. The zero-order valence-corrected chi connectivity index (χ0v) is 24.6. The first-order valence-corrected chi connectivity index (χ1v) is 14.3. The molecule has 0 bridgehead atoms. The molecule has 236 valence electrons. The number of halogens is 3. The number of nitrogens with zero attached hydrogens (tertiary/aromatic N) is 3. The van der Waals surface area contributed by atoms with E-state index in [2.05, 4.69) is 11.9 Å². The quantitative estimate of drug-likeness (QED) is 0.365. The number of aromatic nitrogens is 1. The van der Waals surface area contributed by atoms with Crippen LogP contribution in [-0.2, 0) is 25.2 Å². The Morgan fingerprint density at radius 1 is 1.09 bits per heavy atom. The van der Waals surface area contributed by atoms with Crippen molar-refractivity contribution in [3.8, 4) is 11.6 Å². The number of aromatic carboxylic acids is 1. The van der Waals surface area contributed by atoms with E-state index in [1.807, 2.05) is 0 Å². The first-order valence-electron chi connectivity index (χ1n) is 14.3. The zero-order chi connectivity index (χ0) is 31.1. The minimum Gasteiger partial charge on any atom is -0.478 e. The fraction of sp³-hybridized carbons (Fsp3) is 0.567. The maximum absolute atomic E-state index is 14.1. The van der Waals surface area contributed by atoms with E-state index >= 15 is 0 Å². The molecule has 2 aliphatic rings. The van der Waals surface area contributed by atoms with Crippen LogP contribution < -0.4 is 14.5 Å². The van der Waals surface area contributed by atoms with Gasteiger partial charge >= 0.3 is 12.1 Å². The molecule has 4 rings (SSSR count). The molecule has 1 aliphatic heterocycles. The average Bonchev–Trinajstić information content (AvgIpc) is 2.98. The van der Waals surface area contributed by atoms with Gasteiger partial charge in [-0.2, -0.15) is 13.2 Å². The van der Waals surface area contributed by atoms with Gasteiger partial charge in [0, 0.05) is 33.2 Å². The summed E-state index contributed by atoms with van der Waals surface area (Å²) >= 11 is 0. The molecular formula is C30H38F3N3O7. The number of anilines is 2. The van der Waals surface area contributed by atoms with E-state index in [1.165, 1.54) is 37.4 Å². The zero-order valence-electron chi connectivity index (χ0n) is 24.6. The van der Waals surface area contributed by atoms with Crippen LogP contribution in [0.15, 0.2) is 30.5 Å². The van der Waals surface area contributed by atoms with E-state index in [4.69, 9.17) is 18.9 Å². The molecule has 2 heterocycles. The number of carboxylic acid groups (broad SMARTS) is 1. The molecule has 2 fully saturated rings. The number of rotatable bonds is 11. The van der Waals surface area contributed by atoms with Crippen molar-refractivity contribution < 1.29 is 46.8 Å². The first kappa shape index (κ1) is 32.5. The van der Waals surface area contributed by atoms with Crippen LogP contribution in [-0.4, -0.2) is 81.7 Å². The largest absolute Gasteiger partial charge is 0.478 e. The van der Waals surface area contributed by atoms with Gasteiger partial charge in [0.2, 0.25) is 11.8 Å². The summed E-state index contributed by atoms with van der Waals surface area (Å²) in [5, 5.41) is 10.2. The molecule has 10 nitrogen and oxygen atoms in total. The van der Waals surface area contributed by atoms with Crippen LogP contribution in [0, 0.1) is 11.8 Å². The van der Waals surface area contributed by atoms with Gasteiger partial charge in [0.15, 0.2) is 0 Å². The van der Waals surface area contributed by atoms with Gasteiger partial charge < -0.3 is 33.9 Å². The number of carboxylic acids is 1. The summed E-state index contributed by atoms with van der Waals surface area (Å²) in [7, 11) is 2.94. The van der Waals surface area contributed by atoms with E-state index in [-0.39, 0.29) is 47.7 Å². The van der Waals surface area contributed by atoms with Crippen LogP contribution in [0.5, 0.6) is 11.6 Å². The van der Waals surface area contributed by atoms with Crippen LogP contribution in [0.4, 0.5) is 24.5 Å². The van der Waals surface area contributed by atoms with Crippen molar-refractivity contribution in [3.05, 3.63) is 41.6 Å². The molecule has 0 spiro atoms. The van der Waals surface area contributed by atoms with Gasteiger partial charge in [-0.1, -0.05) is 6.92 Å². The summed E-state index contributed by atoms with van der Waals surface area (Å²) in [4.78, 5) is 33.5. The molecule has 43 heavy (non-hydrogen) atoms. The molecule has 13 heteroatoms. The van der Waals surface area contributed by atoms with Crippen molar-refractivity contribution in [1.29, 1.82) is 0 Å². The normalized spacial score (nSPS) is 19.4. The number of hydrogen-bond acceptors (Lipinski definition) is 8. The number of carbonyl (C=O) groups is 2. The number of ether oxygens (including phenoxy) is 4. The Balaban J connectivity index is 1.70. The summed E-state index contributed by atoms with van der Waals surface area (Å²) < 4.78 is 63.7. The lowest BCUT2D eigenvalue weighted by Gasteiger charge is -2.36. The summed E-state index contributed by atoms with van der Waals surface area (Å²) in [6.45, 7) is 3.91. The Morgan fingerprint density at radius 2 is 1.74 bits per heavy atom. The minimum absolute atomic E-state index is 0.0777. The number of benzene rings is 1. The van der Waals surface area contributed by atoms with Crippen molar-refractivity contribution in [3.63, 3.8) is 0 Å². The average molecular weight is 610 g/mol. The van der Waals surface area contributed by atoms with Crippen molar-refractivity contribution in [2.45, 2.75) is 44.8 Å². The summed E-state index contributed by atoms with van der Waals surface area (Å²) in [5.74, 6) is -2.33. The monoisotopic (exact) mass is 609 g/mol. The summed E-state index contributed by atoms with van der Waals surface area (Å²) in [6.07, 6.45) is -0.414. The predicted octanol–water partition coefficient (Wildman–Crippen LogP) is 5.25. The highest BCUT2D eigenvalue weighted by atomic mass is 19.4. The standard InChI is InChI=1S/C30H38F3N3O7/c1-19-4-6-20(7-5-19)28(37)36(22(17-40-2)18-41-3)26-9-8-23(15-24(26)29(38)39)43-27-25(30(31,32)33)14-21(16-34-27)35-10-12-42-13-11-35/h8-9,14-16,19-20,22H,4-7,10-13,17-18H2,1-3H3,(H,38,39). The molecule has 1 N–H and O–H groups in total. The Labute approximate surface area is 248 Å². The molecule has 1 saturated heterocycles. The summed E-state index contributed by atoms with van der Waals surface area (Å²) in [5.41, 5.74) is -1.06. The first-order chi connectivity index (χ1) is 20.5. The number of methoxy groups -OCH3 is 2. The molecular weight excluding hydrogens is 571 g/mol. The predicted molar refractivity (Wildman–Crippen MR) is 152 cm³/mol. The third-order valence-corrected chi connectivity index (χ3v) is 7.88. The molecule has 0 radical (unpaired) electrons. The van der Waals surface area contributed by atoms with Crippen LogP contribution in [0.3, 0.4) is 0 Å². The number of amides is 1. The van der Waals surface area contributed by atoms with E-state index in [0.29, 0.717) is 45.1 Å². The van der Waals surface area contributed by atoms with Gasteiger partial charge in [-0.05, 0) is 55.9 Å². The van der Waals surface area contributed by atoms with E-state index in [9.17, 15) is 27.9 Å². The molecule has 2 aromatic rings. The highest BCUT2D eigenvalue weighted by Gasteiger charge is 2.38. The molecule has 0 unspecified atom stereocenters. The third-order valence-electron chi connectivity index (χ3n) is 7.88. The number of alkyl halides is 3. The number of carbonyl (C=O) groups excluding carboxylic acids is 1. The Kier molecular flexibility index (Phi) is 10.9. The molecule has 1 aromatic heterocycles. The van der Waals surface area contributed by atoms with Gasteiger partial charge in [0.1, 0.15) is 11.3 Å². The minimum atomic E-state index is -4.78. The van der Waals surface area contributed by atoms with Crippen molar-refractivity contribution in [2.75, 3.05) is 63.5 Å². The number of pyridine rings is 1. The molecule has 1 saturated carbocycles. The topological polar surface area (TPSA) is 111 Å². The molecule has 1 aromatic carbocycles. The maximum atomic E-state index is 14.1. The highest BCUT2D eigenvalue weighted by Crippen LogP contribution is 2.40. The lowest BCUT2D eigenvalue weighted by atomic mass is 9.82. The van der Waals surface area contributed by atoms with Crippen molar-refractivity contribution in [1.82, 2.24) is 4.98 Å². The lowest BCUT2D eigenvalue weighted by molar-refractivity contribution is -0.138. The number of morpholine rings is 1. The van der Waals surface area contributed by atoms with Crippen LogP contribution in [0.2, 0.25) is 0 Å². The van der Waals surface area contributed by atoms with E-state index in [1.54, 1.807) is 4.90 Å². The van der Waals surface area contributed by atoms with Gasteiger partial charge in [0.05, 0.1) is 55.6 Å². The fourth-order valence-corrected chi connectivity index (χ4v) is 5.57. The van der Waals surface area contributed by atoms with Crippen molar-refractivity contribution >= 4 is 23.3 Å². The Hall–Kier alpha value is -3.42. The van der Waals surface area contributed by atoms with Gasteiger partial charge in [-0.3, -0.25) is 4.79 Å². The van der Waals surface area contributed by atoms with Crippen LogP contribution in [0.25, 0.3) is 0 Å². The van der Waals surface area contributed by atoms with Gasteiger partial charge in [-0.25, -0.2) is 9.78 Å². The van der Waals surface area contributed by atoms with E-state index in [0.717, 1.165) is 25.0 Å². The van der Waals surface area contributed by atoms with Gasteiger partial charge in [-0.15, -0.1) is 0 Å². The van der Waals surface area contributed by atoms with Gasteiger partial charge in [0.25, 0.3) is 0 Å². The highest BCUT2D eigenvalue weighted by molar-refractivity contribution is 6.03. The Morgan fingerprint density at radius 3 is 2.33 bits per heavy atom. The lowest BCUT2D eigenvalue weighted by Crippen LogP contribution is -2.49. The van der Waals surface area contributed by atoms with Crippen LogP contribution in [0.1, 0.15) is 48.5 Å². The summed E-state index contributed by atoms with van der Waals surface area (Å²) in [6, 6.07) is 4.13.